The van der Waals surface area contributed by atoms with Crippen molar-refractivity contribution in [1.29, 1.82) is 0 Å². The molecule has 0 nitrogen and oxygen atoms in total. The van der Waals surface area contributed by atoms with Crippen LogP contribution in [0, 0.1) is 3.57 Å². The van der Waals surface area contributed by atoms with Gasteiger partial charge in [-0.1, -0.05) is 49.7 Å². The molecule has 0 spiro atoms. The van der Waals surface area contributed by atoms with E-state index in [9.17, 15) is 13.2 Å². The van der Waals surface area contributed by atoms with Gasteiger partial charge in [0.2, 0.25) is 0 Å². The lowest BCUT2D eigenvalue weighted by Crippen LogP contribution is -2.20. The standard InChI is InChI=1S/C17H16F3I/c1-2-3-12-4-8-14(9-5-12)17(19,20)16(18)13-6-10-15(21)11-7-13/h4-11,16H,2-3H2,1H3. The van der Waals surface area contributed by atoms with E-state index in [0.29, 0.717) is 0 Å². The fraction of sp³-hybridized carbons (Fsp3) is 0.294. The Morgan fingerprint density at radius 2 is 1.57 bits per heavy atom. The molecule has 112 valence electrons. The Hall–Kier alpha value is -1.04. The molecule has 0 aliphatic rings. The van der Waals surface area contributed by atoms with Crippen molar-refractivity contribution in [3.8, 4) is 0 Å². The number of halogens is 4. The molecule has 0 saturated heterocycles. The van der Waals surface area contributed by atoms with Crippen LogP contribution in [0.1, 0.15) is 36.2 Å². The van der Waals surface area contributed by atoms with Gasteiger partial charge in [-0.25, -0.2) is 4.39 Å². The van der Waals surface area contributed by atoms with Gasteiger partial charge in [-0.3, -0.25) is 0 Å². The number of alkyl halides is 3. The molecular formula is C17H16F3I. The van der Waals surface area contributed by atoms with Gasteiger partial charge in [0.25, 0.3) is 0 Å². The summed E-state index contributed by atoms with van der Waals surface area (Å²) < 4.78 is 43.7. The molecule has 1 unspecified atom stereocenters. The first-order chi connectivity index (χ1) is 9.95. The van der Waals surface area contributed by atoms with E-state index in [4.69, 9.17) is 0 Å². The third kappa shape index (κ3) is 3.78. The quantitative estimate of drug-likeness (QED) is 0.533. The molecule has 0 fully saturated rings. The van der Waals surface area contributed by atoms with Crippen molar-refractivity contribution in [2.45, 2.75) is 31.9 Å². The first-order valence-electron chi connectivity index (χ1n) is 6.82. The van der Waals surface area contributed by atoms with Crippen molar-refractivity contribution in [2.24, 2.45) is 0 Å². The van der Waals surface area contributed by atoms with Crippen LogP contribution in [0.2, 0.25) is 0 Å². The van der Waals surface area contributed by atoms with Gasteiger partial charge in [-0.2, -0.15) is 8.78 Å². The molecule has 4 heteroatoms. The lowest BCUT2D eigenvalue weighted by molar-refractivity contribution is -0.0809. The molecule has 2 aromatic rings. The van der Waals surface area contributed by atoms with Crippen molar-refractivity contribution in [1.82, 2.24) is 0 Å². The summed E-state index contributed by atoms with van der Waals surface area (Å²) in [5.41, 5.74) is 0.702. The van der Waals surface area contributed by atoms with Crippen LogP contribution in [0.15, 0.2) is 48.5 Å². The number of aryl methyl sites for hydroxylation is 1. The molecule has 0 amide bonds. The van der Waals surface area contributed by atoms with E-state index in [-0.39, 0.29) is 11.1 Å². The van der Waals surface area contributed by atoms with Gasteiger partial charge in [0.05, 0.1) is 0 Å². The second kappa shape index (κ2) is 6.81. The van der Waals surface area contributed by atoms with E-state index in [1.807, 2.05) is 6.92 Å². The van der Waals surface area contributed by atoms with Crippen LogP contribution in [0.4, 0.5) is 13.2 Å². The highest BCUT2D eigenvalue weighted by Crippen LogP contribution is 2.43. The Kier molecular flexibility index (Phi) is 5.30. The molecule has 1 atom stereocenters. The molecule has 0 N–H and O–H groups in total. The summed E-state index contributed by atoms with van der Waals surface area (Å²) in [5.74, 6) is -3.53. The molecular weight excluding hydrogens is 388 g/mol. The van der Waals surface area contributed by atoms with Crippen molar-refractivity contribution in [3.05, 3.63) is 68.8 Å². The minimum atomic E-state index is -3.53. The third-order valence-electron chi connectivity index (χ3n) is 3.36. The van der Waals surface area contributed by atoms with Gasteiger partial charge in [0.15, 0.2) is 6.17 Å². The Balaban J connectivity index is 2.25. The van der Waals surface area contributed by atoms with Crippen molar-refractivity contribution < 1.29 is 13.2 Å². The zero-order chi connectivity index (χ0) is 15.5. The largest absolute Gasteiger partial charge is 0.307 e. The summed E-state index contributed by atoms with van der Waals surface area (Å²) in [6, 6.07) is 12.0. The third-order valence-corrected chi connectivity index (χ3v) is 4.08. The molecule has 0 aromatic heterocycles. The number of rotatable bonds is 5. The van der Waals surface area contributed by atoms with Crippen LogP contribution in [-0.4, -0.2) is 0 Å². The first-order valence-corrected chi connectivity index (χ1v) is 7.89. The molecule has 0 aliphatic carbocycles. The topological polar surface area (TPSA) is 0 Å². The molecule has 0 heterocycles. The zero-order valence-corrected chi connectivity index (χ0v) is 13.8. The van der Waals surface area contributed by atoms with Crippen LogP contribution in [0.3, 0.4) is 0 Å². The molecule has 0 saturated carbocycles. The van der Waals surface area contributed by atoms with Gasteiger partial charge in [0.1, 0.15) is 0 Å². The highest BCUT2D eigenvalue weighted by atomic mass is 127. The fourth-order valence-electron chi connectivity index (χ4n) is 2.17. The van der Waals surface area contributed by atoms with E-state index in [2.05, 4.69) is 22.6 Å². The van der Waals surface area contributed by atoms with Crippen LogP contribution in [0.25, 0.3) is 0 Å². The van der Waals surface area contributed by atoms with Crippen LogP contribution < -0.4 is 0 Å². The maximum atomic E-state index is 14.3. The molecule has 21 heavy (non-hydrogen) atoms. The maximum absolute atomic E-state index is 14.3. The Morgan fingerprint density at radius 3 is 2.10 bits per heavy atom. The predicted octanol–water partition coefficient (Wildman–Crippen LogP) is 6.05. The molecule has 0 aliphatic heterocycles. The maximum Gasteiger partial charge on any atom is 0.307 e. The molecule has 0 bridgehead atoms. The number of hydrogen-bond acceptors (Lipinski definition) is 0. The molecule has 0 radical (unpaired) electrons. The second-order valence-corrected chi connectivity index (χ2v) is 6.23. The Labute approximate surface area is 136 Å². The lowest BCUT2D eigenvalue weighted by atomic mass is 9.97. The van der Waals surface area contributed by atoms with Crippen molar-refractivity contribution >= 4 is 22.6 Å². The highest BCUT2D eigenvalue weighted by Gasteiger charge is 2.42. The SMILES string of the molecule is CCCc1ccc(C(F)(F)C(F)c2ccc(I)cc2)cc1. The predicted molar refractivity (Wildman–Crippen MR) is 87.3 cm³/mol. The second-order valence-electron chi connectivity index (χ2n) is 4.98. The smallest absolute Gasteiger partial charge is 0.235 e. The summed E-state index contributed by atoms with van der Waals surface area (Å²) in [5, 5.41) is 0. The van der Waals surface area contributed by atoms with Gasteiger partial charge in [-0.15, -0.1) is 0 Å². The average Bonchev–Trinajstić information content (AvgIpc) is 2.48. The van der Waals surface area contributed by atoms with E-state index < -0.39 is 12.1 Å². The monoisotopic (exact) mass is 404 g/mol. The average molecular weight is 404 g/mol. The van der Waals surface area contributed by atoms with Gasteiger partial charge >= 0.3 is 5.92 Å². The minimum Gasteiger partial charge on any atom is -0.235 e. The normalized spacial score (nSPS) is 13.2. The van der Waals surface area contributed by atoms with E-state index in [1.54, 1.807) is 24.3 Å². The highest BCUT2D eigenvalue weighted by molar-refractivity contribution is 14.1. The van der Waals surface area contributed by atoms with Crippen LogP contribution >= 0.6 is 22.6 Å². The first kappa shape index (κ1) is 16.3. The van der Waals surface area contributed by atoms with E-state index in [1.165, 1.54) is 24.3 Å². The minimum absolute atomic E-state index is 0.00180. The number of hydrogen-bond donors (Lipinski definition) is 0. The summed E-state index contributed by atoms with van der Waals surface area (Å²) in [6.45, 7) is 2.02. The van der Waals surface area contributed by atoms with Gasteiger partial charge < -0.3 is 0 Å². The zero-order valence-electron chi connectivity index (χ0n) is 11.6. The van der Waals surface area contributed by atoms with Gasteiger partial charge in [-0.05, 0) is 52.3 Å². The lowest BCUT2D eigenvalue weighted by Gasteiger charge is -2.21. The number of benzene rings is 2. The van der Waals surface area contributed by atoms with Crippen molar-refractivity contribution in [2.75, 3.05) is 0 Å². The molecule has 2 aromatic carbocycles. The van der Waals surface area contributed by atoms with Gasteiger partial charge in [0, 0.05) is 9.13 Å². The van der Waals surface area contributed by atoms with Crippen LogP contribution in [0.5, 0.6) is 0 Å². The summed E-state index contributed by atoms with van der Waals surface area (Å²) >= 11 is 2.05. The van der Waals surface area contributed by atoms with Crippen molar-refractivity contribution in [3.63, 3.8) is 0 Å². The summed E-state index contributed by atoms with van der Waals surface area (Å²) in [7, 11) is 0. The Bertz CT molecular complexity index is 576. The summed E-state index contributed by atoms with van der Waals surface area (Å²) in [4.78, 5) is 0. The van der Waals surface area contributed by atoms with Crippen LogP contribution in [-0.2, 0) is 12.3 Å². The Morgan fingerprint density at radius 1 is 1.00 bits per heavy atom. The fourth-order valence-corrected chi connectivity index (χ4v) is 2.53. The van der Waals surface area contributed by atoms with E-state index >= 15 is 0 Å². The van der Waals surface area contributed by atoms with E-state index in [0.717, 1.165) is 22.0 Å². The summed E-state index contributed by atoms with van der Waals surface area (Å²) in [6.07, 6.45) is -0.557. The molecule has 2 rings (SSSR count).